The topological polar surface area (TPSA) is 67.6 Å². The molecule has 0 aliphatic heterocycles. The zero-order chi connectivity index (χ0) is 16.7. The highest BCUT2D eigenvalue weighted by Gasteiger charge is 2.15. The third-order valence-electron chi connectivity index (χ3n) is 3.64. The van der Waals surface area contributed by atoms with Gasteiger partial charge in [-0.25, -0.2) is 0 Å². The van der Waals surface area contributed by atoms with Gasteiger partial charge >= 0.3 is 5.69 Å². The van der Waals surface area contributed by atoms with Gasteiger partial charge in [-0.2, -0.15) is 0 Å². The first kappa shape index (κ1) is 18.4. The largest absolute Gasteiger partial charge is 0.490 e. The van der Waals surface area contributed by atoms with Gasteiger partial charge in [-0.1, -0.05) is 6.07 Å². The van der Waals surface area contributed by atoms with Crippen molar-refractivity contribution < 1.29 is 9.66 Å². The van der Waals surface area contributed by atoms with Crippen molar-refractivity contribution in [3.05, 3.63) is 33.9 Å². The summed E-state index contributed by atoms with van der Waals surface area (Å²) in [4.78, 5) is 13.0. The minimum Gasteiger partial charge on any atom is -0.490 e. The van der Waals surface area contributed by atoms with Crippen LogP contribution >= 0.6 is 0 Å². The fourth-order valence-corrected chi connectivity index (χ4v) is 2.54. The van der Waals surface area contributed by atoms with Crippen molar-refractivity contribution in [1.82, 2.24) is 10.2 Å². The Morgan fingerprint density at radius 2 is 1.91 bits per heavy atom. The number of nitrogens with zero attached hydrogens (tertiary/aromatic N) is 2. The predicted molar refractivity (Wildman–Crippen MR) is 88.3 cm³/mol. The van der Waals surface area contributed by atoms with Gasteiger partial charge < -0.3 is 10.1 Å². The smallest absolute Gasteiger partial charge is 0.311 e. The zero-order valence-electron chi connectivity index (χ0n) is 14.1. The van der Waals surface area contributed by atoms with Crippen molar-refractivity contribution in [3.8, 4) is 5.75 Å². The van der Waals surface area contributed by atoms with Crippen LogP contribution in [-0.2, 0) is 6.54 Å². The minimum absolute atomic E-state index is 0.00721. The molecule has 1 N–H and O–H groups in total. The highest BCUT2D eigenvalue weighted by Crippen LogP contribution is 2.27. The Morgan fingerprint density at radius 1 is 1.27 bits per heavy atom. The number of nitrogens with one attached hydrogen (secondary N) is 1. The lowest BCUT2D eigenvalue weighted by molar-refractivity contribution is -0.385. The molecule has 0 saturated carbocycles. The Balaban J connectivity index is 2.55. The van der Waals surface area contributed by atoms with E-state index in [4.69, 9.17) is 4.74 Å². The van der Waals surface area contributed by atoms with E-state index in [2.05, 4.69) is 37.9 Å². The Hall–Kier alpha value is -1.66. The van der Waals surface area contributed by atoms with Crippen molar-refractivity contribution in [1.29, 1.82) is 0 Å². The first-order valence-corrected chi connectivity index (χ1v) is 7.64. The summed E-state index contributed by atoms with van der Waals surface area (Å²) in [6.07, 6.45) is 0. The van der Waals surface area contributed by atoms with Crippen molar-refractivity contribution in [2.45, 2.75) is 46.3 Å². The molecular formula is C16H27N3O3. The number of ether oxygens (including phenoxy) is 1. The number of hydrogen-bond acceptors (Lipinski definition) is 5. The van der Waals surface area contributed by atoms with Crippen LogP contribution in [0, 0.1) is 10.1 Å². The van der Waals surface area contributed by atoms with Gasteiger partial charge in [0.1, 0.15) is 0 Å². The fourth-order valence-electron chi connectivity index (χ4n) is 2.54. The van der Waals surface area contributed by atoms with E-state index in [9.17, 15) is 10.1 Å². The molecule has 0 fully saturated rings. The summed E-state index contributed by atoms with van der Waals surface area (Å²) in [6, 6.07) is 6.06. The van der Waals surface area contributed by atoms with Crippen LogP contribution in [-0.4, -0.2) is 42.1 Å². The normalized spacial score (nSPS) is 11.5. The molecular weight excluding hydrogens is 282 g/mol. The van der Waals surface area contributed by atoms with E-state index in [-0.39, 0.29) is 5.69 Å². The van der Waals surface area contributed by atoms with Gasteiger partial charge in [0.15, 0.2) is 5.75 Å². The fraction of sp³-hybridized carbons (Fsp3) is 0.625. The summed E-state index contributed by atoms with van der Waals surface area (Å²) < 4.78 is 5.00. The van der Waals surface area contributed by atoms with Crippen LogP contribution in [0.3, 0.4) is 0 Å². The van der Waals surface area contributed by atoms with E-state index in [0.29, 0.717) is 24.4 Å². The summed E-state index contributed by atoms with van der Waals surface area (Å²) in [5.41, 5.74) is 0.890. The van der Waals surface area contributed by atoms with Gasteiger partial charge in [0.2, 0.25) is 0 Å². The minimum atomic E-state index is -0.415. The third-order valence-corrected chi connectivity index (χ3v) is 3.64. The Kier molecular flexibility index (Phi) is 7.27. The molecule has 0 atom stereocenters. The highest BCUT2D eigenvalue weighted by molar-refractivity contribution is 5.48. The molecule has 0 unspecified atom stereocenters. The van der Waals surface area contributed by atoms with E-state index < -0.39 is 4.92 Å². The summed E-state index contributed by atoms with van der Waals surface area (Å²) in [6.45, 7) is 11.2. The standard InChI is InChI=1S/C16H27N3O3/c1-12(2)18(13(3)4)9-8-17-11-14-6-7-16(22-5)15(10-14)19(20)21/h6-7,10,12-13,17H,8-9,11H2,1-5H3. The van der Waals surface area contributed by atoms with Gasteiger partial charge in [0.05, 0.1) is 12.0 Å². The van der Waals surface area contributed by atoms with Crippen LogP contribution in [0.4, 0.5) is 5.69 Å². The number of methoxy groups -OCH3 is 1. The number of hydrogen-bond donors (Lipinski definition) is 1. The second-order valence-corrected chi connectivity index (χ2v) is 5.87. The average molecular weight is 309 g/mol. The maximum absolute atomic E-state index is 11.0. The van der Waals surface area contributed by atoms with E-state index in [1.807, 2.05) is 6.07 Å². The Bertz CT molecular complexity index is 482. The average Bonchev–Trinajstić information content (AvgIpc) is 2.45. The molecule has 1 aromatic rings. The van der Waals surface area contributed by atoms with Gasteiger partial charge in [0, 0.05) is 37.8 Å². The van der Waals surface area contributed by atoms with Crippen LogP contribution in [0.25, 0.3) is 0 Å². The molecule has 1 rings (SSSR count). The Labute approximate surface area is 132 Å². The number of benzene rings is 1. The van der Waals surface area contributed by atoms with Crippen LogP contribution in [0.2, 0.25) is 0 Å². The van der Waals surface area contributed by atoms with Crippen LogP contribution < -0.4 is 10.1 Å². The molecule has 0 radical (unpaired) electrons. The van der Waals surface area contributed by atoms with Crippen molar-refractivity contribution in [2.24, 2.45) is 0 Å². The summed E-state index contributed by atoms with van der Waals surface area (Å²) in [5.74, 6) is 0.291. The third kappa shape index (κ3) is 5.27. The van der Waals surface area contributed by atoms with Crippen LogP contribution in [0.5, 0.6) is 5.75 Å². The molecule has 0 heterocycles. The molecule has 6 nitrogen and oxygen atoms in total. The molecule has 0 saturated heterocycles. The van der Waals surface area contributed by atoms with Crippen molar-refractivity contribution in [2.75, 3.05) is 20.2 Å². The molecule has 0 aliphatic carbocycles. The molecule has 124 valence electrons. The zero-order valence-corrected chi connectivity index (χ0v) is 14.1. The van der Waals surface area contributed by atoms with E-state index >= 15 is 0 Å². The van der Waals surface area contributed by atoms with Crippen LogP contribution in [0.15, 0.2) is 18.2 Å². The van der Waals surface area contributed by atoms with E-state index in [1.165, 1.54) is 7.11 Å². The summed E-state index contributed by atoms with van der Waals surface area (Å²) in [5, 5.41) is 14.3. The molecule has 22 heavy (non-hydrogen) atoms. The lowest BCUT2D eigenvalue weighted by Crippen LogP contribution is -2.41. The summed E-state index contributed by atoms with van der Waals surface area (Å²) >= 11 is 0. The Morgan fingerprint density at radius 3 is 2.41 bits per heavy atom. The number of nitro groups is 1. The molecule has 0 amide bonds. The second-order valence-electron chi connectivity index (χ2n) is 5.87. The lowest BCUT2D eigenvalue weighted by Gasteiger charge is -2.30. The van der Waals surface area contributed by atoms with E-state index in [0.717, 1.165) is 18.7 Å². The second kappa shape index (κ2) is 8.70. The van der Waals surface area contributed by atoms with Crippen LogP contribution in [0.1, 0.15) is 33.3 Å². The quantitative estimate of drug-likeness (QED) is 0.431. The monoisotopic (exact) mass is 309 g/mol. The highest BCUT2D eigenvalue weighted by atomic mass is 16.6. The first-order valence-electron chi connectivity index (χ1n) is 7.64. The first-order chi connectivity index (χ1) is 10.4. The molecule has 0 bridgehead atoms. The SMILES string of the molecule is COc1ccc(CNCCN(C(C)C)C(C)C)cc1[N+](=O)[O-]. The molecule has 0 aliphatic rings. The number of nitro benzene ring substituents is 1. The molecule has 1 aromatic carbocycles. The molecule has 0 spiro atoms. The predicted octanol–water partition coefficient (Wildman–Crippen LogP) is 2.81. The van der Waals surface area contributed by atoms with Gasteiger partial charge in [0.25, 0.3) is 0 Å². The van der Waals surface area contributed by atoms with Gasteiger partial charge in [-0.05, 0) is 39.3 Å². The maximum atomic E-state index is 11.0. The van der Waals surface area contributed by atoms with Crippen molar-refractivity contribution >= 4 is 5.69 Å². The summed E-state index contributed by atoms with van der Waals surface area (Å²) in [7, 11) is 1.44. The van der Waals surface area contributed by atoms with Gasteiger partial charge in [-0.15, -0.1) is 0 Å². The number of rotatable bonds is 9. The molecule has 6 heteroatoms. The molecule has 0 aromatic heterocycles. The maximum Gasteiger partial charge on any atom is 0.311 e. The lowest BCUT2D eigenvalue weighted by atomic mass is 10.2. The van der Waals surface area contributed by atoms with Crippen molar-refractivity contribution in [3.63, 3.8) is 0 Å². The van der Waals surface area contributed by atoms with Gasteiger partial charge in [-0.3, -0.25) is 15.0 Å². The van der Waals surface area contributed by atoms with E-state index in [1.54, 1.807) is 12.1 Å².